The fraction of sp³-hybridized carbons (Fsp3) is 0.455. The predicted octanol–water partition coefficient (Wildman–Crippen LogP) is 0.891. The molecule has 0 spiro atoms. The van der Waals surface area contributed by atoms with E-state index in [0.717, 1.165) is 5.56 Å². The van der Waals surface area contributed by atoms with Crippen LogP contribution in [0.3, 0.4) is 0 Å². The van der Waals surface area contributed by atoms with Gasteiger partial charge in [-0.25, -0.2) is 0 Å². The highest BCUT2D eigenvalue weighted by molar-refractivity contribution is 5.94. The van der Waals surface area contributed by atoms with Gasteiger partial charge in [0.15, 0.2) is 0 Å². The normalized spacial score (nSPS) is 11.2. The molecule has 0 radical (unpaired) electrons. The Morgan fingerprint density at radius 3 is 2.73 bits per heavy atom. The van der Waals surface area contributed by atoms with E-state index in [-0.39, 0.29) is 12.5 Å². The molecule has 0 aromatic carbocycles. The summed E-state index contributed by atoms with van der Waals surface area (Å²) in [6.07, 6.45) is 3.20. The van der Waals surface area contributed by atoms with Crippen LogP contribution in [0, 0.1) is 6.92 Å². The first kappa shape index (κ1) is 11.7. The lowest BCUT2D eigenvalue weighted by Gasteiger charge is -2.23. The second kappa shape index (κ2) is 4.40. The van der Waals surface area contributed by atoms with E-state index in [2.05, 4.69) is 10.3 Å². The van der Waals surface area contributed by atoms with Crippen molar-refractivity contribution in [2.24, 2.45) is 0 Å². The lowest BCUT2D eigenvalue weighted by molar-refractivity contribution is 0.0869. The third-order valence-corrected chi connectivity index (χ3v) is 1.98. The van der Waals surface area contributed by atoms with Crippen molar-refractivity contribution in [1.29, 1.82) is 0 Å². The number of pyridine rings is 1. The highest BCUT2D eigenvalue weighted by Crippen LogP contribution is 2.05. The van der Waals surface area contributed by atoms with E-state index in [4.69, 9.17) is 5.11 Å². The topological polar surface area (TPSA) is 62.2 Å². The smallest absolute Gasteiger partial charge is 0.253 e. The Morgan fingerprint density at radius 1 is 1.53 bits per heavy atom. The van der Waals surface area contributed by atoms with Crippen molar-refractivity contribution >= 4 is 5.91 Å². The van der Waals surface area contributed by atoms with Crippen LogP contribution in [0.5, 0.6) is 0 Å². The van der Waals surface area contributed by atoms with E-state index in [1.807, 2.05) is 6.92 Å². The monoisotopic (exact) mass is 208 g/mol. The summed E-state index contributed by atoms with van der Waals surface area (Å²) in [7, 11) is 0. The van der Waals surface area contributed by atoms with Gasteiger partial charge < -0.3 is 10.4 Å². The first-order chi connectivity index (χ1) is 6.94. The molecule has 0 atom stereocenters. The molecular formula is C11H16N2O2. The number of aliphatic hydroxyl groups excluding tert-OH is 1. The molecule has 15 heavy (non-hydrogen) atoms. The average molecular weight is 208 g/mol. The minimum absolute atomic E-state index is 0.0992. The van der Waals surface area contributed by atoms with E-state index in [1.54, 1.807) is 26.1 Å². The van der Waals surface area contributed by atoms with E-state index >= 15 is 0 Å². The largest absolute Gasteiger partial charge is 0.394 e. The highest BCUT2D eigenvalue weighted by Gasteiger charge is 2.19. The third kappa shape index (κ3) is 3.32. The Hall–Kier alpha value is -1.42. The number of carbonyl (C=O) groups is 1. The number of hydrogen-bond acceptors (Lipinski definition) is 3. The van der Waals surface area contributed by atoms with E-state index in [0.29, 0.717) is 5.56 Å². The number of aliphatic hydroxyl groups is 1. The summed E-state index contributed by atoms with van der Waals surface area (Å²) < 4.78 is 0. The maximum atomic E-state index is 11.7. The number of rotatable bonds is 3. The fourth-order valence-corrected chi connectivity index (χ4v) is 1.10. The van der Waals surface area contributed by atoms with Crippen molar-refractivity contribution in [3.8, 4) is 0 Å². The van der Waals surface area contributed by atoms with Crippen LogP contribution >= 0.6 is 0 Å². The molecule has 1 heterocycles. The number of nitrogens with one attached hydrogen (secondary N) is 1. The predicted molar refractivity (Wildman–Crippen MR) is 57.6 cm³/mol. The van der Waals surface area contributed by atoms with Crippen molar-refractivity contribution in [2.75, 3.05) is 6.61 Å². The van der Waals surface area contributed by atoms with Gasteiger partial charge in [0.2, 0.25) is 0 Å². The number of carbonyl (C=O) groups excluding carboxylic acids is 1. The fourth-order valence-electron chi connectivity index (χ4n) is 1.10. The molecule has 1 rings (SSSR count). The van der Waals surface area contributed by atoms with Gasteiger partial charge in [0.1, 0.15) is 0 Å². The molecule has 2 N–H and O–H groups in total. The van der Waals surface area contributed by atoms with Gasteiger partial charge in [0.25, 0.3) is 5.91 Å². The molecule has 4 nitrogen and oxygen atoms in total. The first-order valence-electron chi connectivity index (χ1n) is 4.80. The van der Waals surface area contributed by atoms with Gasteiger partial charge in [-0.05, 0) is 32.4 Å². The van der Waals surface area contributed by atoms with E-state index < -0.39 is 5.54 Å². The van der Waals surface area contributed by atoms with Crippen LogP contribution in [0.4, 0.5) is 0 Å². The Morgan fingerprint density at radius 2 is 2.20 bits per heavy atom. The Balaban J connectivity index is 2.78. The zero-order chi connectivity index (χ0) is 11.5. The zero-order valence-corrected chi connectivity index (χ0v) is 9.24. The summed E-state index contributed by atoms with van der Waals surface area (Å²) in [5.74, 6) is -0.217. The Bertz CT molecular complexity index is 361. The lowest BCUT2D eigenvalue weighted by Crippen LogP contribution is -2.46. The molecule has 1 aromatic rings. The second-order valence-corrected chi connectivity index (χ2v) is 4.25. The number of nitrogens with zero attached hydrogens (tertiary/aromatic N) is 1. The summed E-state index contributed by atoms with van der Waals surface area (Å²) in [4.78, 5) is 15.6. The van der Waals surface area contributed by atoms with E-state index in [1.165, 1.54) is 6.20 Å². The number of hydrogen-bond donors (Lipinski definition) is 2. The van der Waals surface area contributed by atoms with Crippen molar-refractivity contribution in [3.63, 3.8) is 0 Å². The molecule has 0 unspecified atom stereocenters. The molecule has 0 bridgehead atoms. The van der Waals surface area contributed by atoms with Crippen molar-refractivity contribution in [2.45, 2.75) is 26.3 Å². The van der Waals surface area contributed by atoms with Crippen molar-refractivity contribution in [1.82, 2.24) is 10.3 Å². The zero-order valence-electron chi connectivity index (χ0n) is 9.24. The molecule has 4 heteroatoms. The molecule has 1 aromatic heterocycles. The maximum Gasteiger partial charge on any atom is 0.253 e. The lowest BCUT2D eigenvalue weighted by atomic mass is 10.1. The van der Waals surface area contributed by atoms with Gasteiger partial charge in [-0.1, -0.05) is 0 Å². The molecule has 0 saturated carbocycles. The highest BCUT2D eigenvalue weighted by atomic mass is 16.3. The number of aromatic nitrogens is 1. The van der Waals surface area contributed by atoms with Gasteiger partial charge in [0, 0.05) is 12.4 Å². The molecule has 1 amide bonds. The minimum atomic E-state index is -0.610. The molecule has 82 valence electrons. The summed E-state index contributed by atoms with van der Waals surface area (Å²) in [5.41, 5.74) is 0.835. The van der Waals surface area contributed by atoms with E-state index in [9.17, 15) is 4.79 Å². The van der Waals surface area contributed by atoms with Crippen LogP contribution < -0.4 is 5.32 Å². The van der Waals surface area contributed by atoms with Crippen LogP contribution in [0.15, 0.2) is 18.5 Å². The van der Waals surface area contributed by atoms with Crippen LogP contribution in [0.25, 0.3) is 0 Å². The molecular weight excluding hydrogens is 192 g/mol. The summed E-state index contributed by atoms with van der Waals surface area (Å²) in [5, 5.41) is 11.7. The quantitative estimate of drug-likeness (QED) is 0.775. The van der Waals surface area contributed by atoms with Crippen LogP contribution in [0.2, 0.25) is 0 Å². The second-order valence-electron chi connectivity index (χ2n) is 4.25. The number of aryl methyl sites for hydroxylation is 1. The van der Waals surface area contributed by atoms with Gasteiger partial charge in [-0.2, -0.15) is 0 Å². The minimum Gasteiger partial charge on any atom is -0.394 e. The van der Waals surface area contributed by atoms with Gasteiger partial charge in [-0.3, -0.25) is 9.78 Å². The summed E-state index contributed by atoms with van der Waals surface area (Å²) in [6.45, 7) is 5.29. The van der Waals surface area contributed by atoms with Gasteiger partial charge >= 0.3 is 0 Å². The third-order valence-electron chi connectivity index (χ3n) is 1.98. The van der Waals surface area contributed by atoms with Crippen molar-refractivity contribution in [3.05, 3.63) is 29.6 Å². The van der Waals surface area contributed by atoms with Crippen LogP contribution in [-0.2, 0) is 0 Å². The van der Waals surface area contributed by atoms with Crippen LogP contribution in [0.1, 0.15) is 29.8 Å². The van der Waals surface area contributed by atoms with Gasteiger partial charge in [0.05, 0.1) is 17.7 Å². The summed E-state index contributed by atoms with van der Waals surface area (Å²) >= 11 is 0. The Kier molecular flexibility index (Phi) is 3.42. The first-order valence-corrected chi connectivity index (χ1v) is 4.80. The molecule has 0 saturated heterocycles. The Labute approximate surface area is 89.3 Å². The average Bonchev–Trinajstić information content (AvgIpc) is 2.17. The molecule has 0 aliphatic heterocycles. The SMILES string of the molecule is Cc1cncc(C(=O)NC(C)(C)CO)c1. The van der Waals surface area contributed by atoms with Crippen molar-refractivity contribution < 1.29 is 9.90 Å². The summed E-state index contributed by atoms with van der Waals surface area (Å²) in [6, 6.07) is 1.76. The molecule has 0 aliphatic carbocycles. The van der Waals surface area contributed by atoms with Gasteiger partial charge in [-0.15, -0.1) is 0 Å². The number of amides is 1. The molecule has 0 fully saturated rings. The van der Waals surface area contributed by atoms with Crippen LogP contribution in [-0.4, -0.2) is 28.1 Å². The maximum absolute atomic E-state index is 11.7. The standard InChI is InChI=1S/C11H16N2O2/c1-8-4-9(6-12-5-8)10(15)13-11(2,3)7-14/h4-6,14H,7H2,1-3H3,(H,13,15). The molecule has 0 aliphatic rings.